The van der Waals surface area contributed by atoms with Crippen molar-refractivity contribution >= 4 is 23.1 Å². The minimum atomic E-state index is -1.07. The zero-order chi connectivity index (χ0) is 16.3. The maximum Gasteiger partial charge on any atom is 0.310 e. The molecule has 6 heteroatoms. The molecule has 1 fully saturated rings. The van der Waals surface area contributed by atoms with Crippen molar-refractivity contribution in [3.63, 3.8) is 0 Å². The largest absolute Gasteiger partial charge is 0.481 e. The second kappa shape index (κ2) is 6.89. The summed E-state index contributed by atoms with van der Waals surface area (Å²) in [5, 5.41) is 10.8. The highest BCUT2D eigenvalue weighted by atomic mass is 32.1. The lowest BCUT2D eigenvalue weighted by Gasteiger charge is -2.16. The first kappa shape index (κ1) is 17.1. The normalized spacial score (nSPS) is 21.7. The number of carboxylic acid groups (broad SMARTS) is 1. The number of rotatable bonds is 7. The zero-order valence-corrected chi connectivity index (χ0v) is 13.9. The molecule has 0 amide bonds. The van der Waals surface area contributed by atoms with Gasteiger partial charge in [-0.25, -0.2) is 0 Å². The van der Waals surface area contributed by atoms with Gasteiger partial charge >= 0.3 is 5.97 Å². The Kier molecular flexibility index (Phi) is 5.36. The first-order valence-electron chi connectivity index (χ1n) is 7.44. The van der Waals surface area contributed by atoms with Crippen LogP contribution < -0.4 is 0 Å². The second-order valence-electron chi connectivity index (χ2n) is 6.01. The highest BCUT2D eigenvalue weighted by molar-refractivity contribution is 7.10. The summed E-state index contributed by atoms with van der Waals surface area (Å²) in [6.45, 7) is 6.25. The summed E-state index contributed by atoms with van der Waals surface area (Å²) >= 11 is 1.51. The zero-order valence-electron chi connectivity index (χ0n) is 13.1. The van der Waals surface area contributed by atoms with Gasteiger partial charge in [0.2, 0.25) is 0 Å². The molecule has 2 atom stereocenters. The van der Waals surface area contributed by atoms with Crippen LogP contribution in [0.2, 0.25) is 0 Å². The van der Waals surface area contributed by atoms with E-state index in [0.29, 0.717) is 13.0 Å². The number of Topliss-reactive ketones (excluding diaryl/α,β-unsaturated/α-hetero) is 1. The van der Waals surface area contributed by atoms with Crippen LogP contribution in [-0.2, 0) is 25.5 Å². The van der Waals surface area contributed by atoms with Crippen molar-refractivity contribution in [2.45, 2.75) is 57.8 Å². The molecule has 0 aliphatic carbocycles. The standard InChI is InChI=1S/C16H22O5S/c1-4-12(13(17)7-15(18)19)14-6-10(9-22-14)5-11-8-20-16(2,3)21-11/h6,9,11-12H,4-5,7-8H2,1-3H3,(H,18,19). The highest BCUT2D eigenvalue weighted by Gasteiger charge is 2.33. The van der Waals surface area contributed by atoms with E-state index in [4.69, 9.17) is 14.6 Å². The van der Waals surface area contributed by atoms with Crippen molar-refractivity contribution in [3.8, 4) is 0 Å². The van der Waals surface area contributed by atoms with Crippen LogP contribution in [0.3, 0.4) is 0 Å². The predicted octanol–water partition coefficient (Wildman–Crippen LogP) is 2.98. The van der Waals surface area contributed by atoms with Crippen LogP contribution in [0.4, 0.5) is 0 Å². The molecule has 2 unspecified atom stereocenters. The quantitative estimate of drug-likeness (QED) is 0.780. The number of thiophene rings is 1. The van der Waals surface area contributed by atoms with Crippen molar-refractivity contribution in [2.24, 2.45) is 0 Å². The van der Waals surface area contributed by atoms with Crippen LogP contribution in [-0.4, -0.2) is 35.4 Å². The van der Waals surface area contributed by atoms with E-state index in [1.54, 1.807) is 0 Å². The molecule has 0 saturated carbocycles. The number of hydrogen-bond acceptors (Lipinski definition) is 5. The molecule has 0 radical (unpaired) electrons. The number of carbonyl (C=O) groups is 2. The fourth-order valence-corrected chi connectivity index (χ4v) is 3.80. The maximum absolute atomic E-state index is 12.0. The minimum absolute atomic E-state index is 0.0206. The highest BCUT2D eigenvalue weighted by Crippen LogP contribution is 2.31. The van der Waals surface area contributed by atoms with E-state index in [1.165, 1.54) is 11.3 Å². The van der Waals surface area contributed by atoms with Gasteiger partial charge in [-0.2, -0.15) is 0 Å². The van der Waals surface area contributed by atoms with Gasteiger partial charge in [0.15, 0.2) is 11.6 Å². The molecule has 122 valence electrons. The van der Waals surface area contributed by atoms with E-state index in [2.05, 4.69) is 0 Å². The summed E-state index contributed by atoms with van der Waals surface area (Å²) in [5.41, 5.74) is 1.10. The Morgan fingerprint density at radius 1 is 1.50 bits per heavy atom. The van der Waals surface area contributed by atoms with Gasteiger partial charge in [0, 0.05) is 11.3 Å². The van der Waals surface area contributed by atoms with Crippen LogP contribution >= 0.6 is 11.3 Å². The van der Waals surface area contributed by atoms with Gasteiger partial charge in [0.25, 0.3) is 0 Å². The summed E-state index contributed by atoms with van der Waals surface area (Å²) in [7, 11) is 0. The SMILES string of the molecule is CCC(C(=O)CC(=O)O)c1cc(CC2COC(C)(C)O2)cs1. The first-order chi connectivity index (χ1) is 10.3. The topological polar surface area (TPSA) is 72.8 Å². The van der Waals surface area contributed by atoms with Crippen molar-refractivity contribution in [2.75, 3.05) is 6.61 Å². The van der Waals surface area contributed by atoms with Gasteiger partial charge in [-0.1, -0.05) is 6.92 Å². The van der Waals surface area contributed by atoms with E-state index in [0.717, 1.165) is 16.9 Å². The Morgan fingerprint density at radius 3 is 2.77 bits per heavy atom. The van der Waals surface area contributed by atoms with Crippen molar-refractivity contribution in [1.82, 2.24) is 0 Å². The lowest BCUT2D eigenvalue weighted by molar-refractivity contribution is -0.140. The molecular weight excluding hydrogens is 304 g/mol. The number of hydrogen-bond donors (Lipinski definition) is 1. The van der Waals surface area contributed by atoms with Gasteiger partial charge in [-0.15, -0.1) is 11.3 Å². The monoisotopic (exact) mass is 326 g/mol. The molecule has 2 heterocycles. The first-order valence-corrected chi connectivity index (χ1v) is 8.32. The number of ether oxygens (including phenoxy) is 2. The van der Waals surface area contributed by atoms with Gasteiger partial charge in [0.05, 0.1) is 18.6 Å². The van der Waals surface area contributed by atoms with Gasteiger partial charge in [-0.3, -0.25) is 9.59 Å². The third-order valence-electron chi connectivity index (χ3n) is 3.67. The average Bonchev–Trinajstić information content (AvgIpc) is 2.97. The number of carbonyl (C=O) groups excluding carboxylic acids is 1. The van der Waals surface area contributed by atoms with E-state index >= 15 is 0 Å². The Morgan fingerprint density at radius 2 is 2.23 bits per heavy atom. The molecule has 0 bridgehead atoms. The van der Waals surface area contributed by atoms with Crippen LogP contribution in [0.1, 0.15) is 50.0 Å². The van der Waals surface area contributed by atoms with Crippen molar-refractivity contribution in [3.05, 3.63) is 21.9 Å². The Hall–Kier alpha value is -1.24. The average molecular weight is 326 g/mol. The summed E-state index contributed by atoms with van der Waals surface area (Å²) in [4.78, 5) is 23.6. The van der Waals surface area contributed by atoms with E-state index in [1.807, 2.05) is 32.2 Å². The second-order valence-corrected chi connectivity index (χ2v) is 6.95. The van der Waals surface area contributed by atoms with Crippen LogP contribution in [0, 0.1) is 0 Å². The Bertz CT molecular complexity index is 548. The molecule has 2 rings (SSSR count). The molecule has 22 heavy (non-hydrogen) atoms. The summed E-state index contributed by atoms with van der Waals surface area (Å²) < 4.78 is 11.3. The molecule has 1 aliphatic heterocycles. The Labute approximate surface area is 134 Å². The number of ketones is 1. The number of carboxylic acids is 1. The lowest BCUT2D eigenvalue weighted by atomic mass is 9.96. The number of aliphatic carboxylic acids is 1. The fourth-order valence-electron chi connectivity index (χ4n) is 2.67. The summed E-state index contributed by atoms with van der Waals surface area (Å²) in [6, 6.07) is 1.99. The molecule has 1 aromatic rings. The molecule has 0 aromatic carbocycles. The lowest BCUT2D eigenvalue weighted by Crippen LogP contribution is -2.22. The fraction of sp³-hybridized carbons (Fsp3) is 0.625. The van der Waals surface area contributed by atoms with Crippen LogP contribution in [0.15, 0.2) is 11.4 Å². The molecule has 5 nitrogen and oxygen atoms in total. The van der Waals surface area contributed by atoms with Gasteiger partial charge < -0.3 is 14.6 Å². The van der Waals surface area contributed by atoms with Crippen molar-refractivity contribution in [1.29, 1.82) is 0 Å². The molecule has 1 aliphatic rings. The van der Waals surface area contributed by atoms with Crippen LogP contribution in [0.5, 0.6) is 0 Å². The summed E-state index contributed by atoms with van der Waals surface area (Å²) in [5.74, 6) is -2.16. The maximum atomic E-state index is 12.0. The molecule has 1 saturated heterocycles. The molecular formula is C16H22O5S. The smallest absolute Gasteiger partial charge is 0.310 e. The van der Waals surface area contributed by atoms with Crippen LogP contribution in [0.25, 0.3) is 0 Å². The third-order valence-corrected chi connectivity index (χ3v) is 4.77. The Balaban J connectivity index is 2.00. The van der Waals surface area contributed by atoms with E-state index in [9.17, 15) is 9.59 Å². The minimum Gasteiger partial charge on any atom is -0.481 e. The molecule has 1 N–H and O–H groups in total. The molecule has 0 spiro atoms. The van der Waals surface area contributed by atoms with Gasteiger partial charge in [0.1, 0.15) is 6.42 Å². The van der Waals surface area contributed by atoms with Gasteiger partial charge in [-0.05, 0) is 37.3 Å². The van der Waals surface area contributed by atoms with E-state index < -0.39 is 18.2 Å². The summed E-state index contributed by atoms with van der Waals surface area (Å²) in [6.07, 6.45) is 0.956. The predicted molar refractivity (Wildman–Crippen MR) is 83.2 cm³/mol. The van der Waals surface area contributed by atoms with E-state index in [-0.39, 0.29) is 17.8 Å². The third kappa shape index (κ3) is 4.38. The molecule has 1 aromatic heterocycles. The van der Waals surface area contributed by atoms with Crippen molar-refractivity contribution < 1.29 is 24.2 Å².